The van der Waals surface area contributed by atoms with Crippen LogP contribution in [0, 0.1) is 0 Å². The SMILES string of the molecule is CCC1(C)C2=CC(C)(c3ccc4c(c3)C(C)(C)c3cc(-c5cc6c7cccc8c7c(cc6c6ccccc56)-c5ccccc5-8)ccc3-4)CC=C2c2ccccc21. The summed E-state index contributed by atoms with van der Waals surface area (Å²) < 4.78 is 0. The Morgan fingerprint density at radius 1 is 0.464 bits per heavy atom. The van der Waals surface area contributed by atoms with Gasteiger partial charge in [-0.2, -0.15) is 0 Å². The average Bonchev–Trinajstić information content (AvgIpc) is 3.78. The predicted molar refractivity (Wildman–Crippen MR) is 239 cm³/mol. The molecule has 0 fully saturated rings. The van der Waals surface area contributed by atoms with Crippen molar-refractivity contribution >= 4 is 37.9 Å². The van der Waals surface area contributed by atoms with Gasteiger partial charge in [-0.1, -0.05) is 168 Å². The molecular weight excluding hydrogens is 673 g/mol. The van der Waals surface area contributed by atoms with E-state index in [4.69, 9.17) is 0 Å². The van der Waals surface area contributed by atoms with E-state index in [1.165, 1.54) is 116 Å². The van der Waals surface area contributed by atoms with Gasteiger partial charge in [-0.05, 0) is 147 Å². The highest BCUT2D eigenvalue weighted by atomic mass is 14.5. The standard InChI is InChI=1S/C56H44/c1-6-56(5)49-21-12-11-18-39(49)42-26-27-55(4,32-52(42)56)34-23-25-41-40-24-22-33(28-50(40)54(2,3)51(41)29-34)45-30-47-44-20-13-19-43-35-14-7-10-17-38(35)48(53(43)44)31-46(47)37-16-9-8-15-36(37)45/h7-26,28-32H,6,27H2,1-5H3. The number of rotatable bonds is 3. The first kappa shape index (κ1) is 32.3. The van der Waals surface area contributed by atoms with Crippen LogP contribution in [0.1, 0.15) is 75.3 Å². The molecule has 8 aromatic carbocycles. The molecule has 8 aromatic rings. The van der Waals surface area contributed by atoms with Crippen molar-refractivity contribution in [3.63, 3.8) is 0 Å². The van der Waals surface area contributed by atoms with E-state index < -0.39 is 0 Å². The Kier molecular flexibility index (Phi) is 6.26. The maximum atomic E-state index is 2.64. The molecule has 0 spiro atoms. The van der Waals surface area contributed by atoms with Crippen LogP contribution in [-0.2, 0) is 16.2 Å². The number of fused-ring (bicyclic) bond motifs is 13. The Balaban J connectivity index is 0.987. The van der Waals surface area contributed by atoms with Gasteiger partial charge in [0.15, 0.2) is 0 Å². The molecule has 0 radical (unpaired) electrons. The minimum atomic E-state index is -0.134. The second kappa shape index (κ2) is 10.9. The Bertz CT molecular complexity index is 3140. The van der Waals surface area contributed by atoms with Gasteiger partial charge in [-0.25, -0.2) is 0 Å². The van der Waals surface area contributed by atoms with Crippen LogP contribution >= 0.6 is 0 Å². The van der Waals surface area contributed by atoms with Gasteiger partial charge < -0.3 is 0 Å². The highest BCUT2D eigenvalue weighted by Crippen LogP contribution is 2.57. The van der Waals surface area contributed by atoms with Crippen molar-refractivity contribution in [1.82, 2.24) is 0 Å². The second-order valence-electron chi connectivity index (χ2n) is 17.9. The van der Waals surface area contributed by atoms with Crippen molar-refractivity contribution in [2.75, 3.05) is 0 Å². The van der Waals surface area contributed by atoms with E-state index in [0.29, 0.717) is 0 Å². The van der Waals surface area contributed by atoms with Crippen molar-refractivity contribution in [2.45, 2.75) is 63.7 Å². The molecule has 0 heteroatoms. The molecule has 0 heterocycles. The zero-order valence-corrected chi connectivity index (χ0v) is 32.8. The van der Waals surface area contributed by atoms with E-state index >= 15 is 0 Å². The van der Waals surface area contributed by atoms with Crippen molar-refractivity contribution in [1.29, 1.82) is 0 Å². The minimum Gasteiger partial charge on any atom is -0.0752 e. The molecular formula is C56H44. The maximum absolute atomic E-state index is 2.64. The van der Waals surface area contributed by atoms with Gasteiger partial charge in [0, 0.05) is 16.2 Å². The van der Waals surface area contributed by atoms with Gasteiger partial charge in [-0.3, -0.25) is 0 Å². The first-order valence-electron chi connectivity index (χ1n) is 20.5. The minimum absolute atomic E-state index is 0.0394. The van der Waals surface area contributed by atoms with Gasteiger partial charge in [0.05, 0.1) is 0 Å². The lowest BCUT2D eigenvalue weighted by Gasteiger charge is -2.35. The fourth-order valence-corrected chi connectivity index (χ4v) is 11.5. The van der Waals surface area contributed by atoms with Crippen LogP contribution in [0.2, 0.25) is 0 Å². The van der Waals surface area contributed by atoms with Crippen LogP contribution in [0.3, 0.4) is 0 Å². The zero-order chi connectivity index (χ0) is 37.7. The van der Waals surface area contributed by atoms with Crippen LogP contribution in [0.4, 0.5) is 0 Å². The van der Waals surface area contributed by atoms with Crippen LogP contribution in [-0.4, -0.2) is 0 Å². The summed E-state index contributed by atoms with van der Waals surface area (Å²) in [5.74, 6) is 0. The molecule has 0 bridgehead atoms. The lowest BCUT2D eigenvalue weighted by Crippen LogP contribution is -2.27. The summed E-state index contributed by atoms with van der Waals surface area (Å²) in [6.45, 7) is 12.1. The second-order valence-corrected chi connectivity index (χ2v) is 17.9. The lowest BCUT2D eigenvalue weighted by molar-refractivity contribution is 0.532. The van der Waals surface area contributed by atoms with E-state index in [-0.39, 0.29) is 16.2 Å². The van der Waals surface area contributed by atoms with E-state index in [1.807, 2.05) is 0 Å². The quantitative estimate of drug-likeness (QED) is 0.160. The molecule has 0 aliphatic heterocycles. The summed E-state index contributed by atoms with van der Waals surface area (Å²) in [6, 6.07) is 53.6. The fraction of sp³-hybridized carbons (Fsp3) is 0.179. The van der Waals surface area contributed by atoms with Crippen LogP contribution < -0.4 is 0 Å². The van der Waals surface area contributed by atoms with E-state index in [1.54, 1.807) is 0 Å². The molecule has 2 atom stereocenters. The van der Waals surface area contributed by atoms with Crippen molar-refractivity contribution in [2.24, 2.45) is 0 Å². The largest absolute Gasteiger partial charge is 0.0752 e. The molecule has 0 N–H and O–H groups in total. The van der Waals surface area contributed by atoms with Crippen molar-refractivity contribution in [3.05, 3.63) is 185 Å². The van der Waals surface area contributed by atoms with E-state index in [0.717, 1.165) is 12.8 Å². The summed E-state index contributed by atoms with van der Waals surface area (Å²) in [4.78, 5) is 0. The highest BCUT2D eigenvalue weighted by molar-refractivity contribution is 6.28. The monoisotopic (exact) mass is 716 g/mol. The number of benzene rings is 8. The zero-order valence-electron chi connectivity index (χ0n) is 32.8. The number of hydrogen-bond donors (Lipinski definition) is 0. The van der Waals surface area contributed by atoms with Crippen LogP contribution in [0.15, 0.2) is 157 Å². The third-order valence-corrected chi connectivity index (χ3v) is 14.7. The van der Waals surface area contributed by atoms with E-state index in [9.17, 15) is 0 Å². The topological polar surface area (TPSA) is 0 Å². The first-order valence-corrected chi connectivity index (χ1v) is 20.5. The van der Waals surface area contributed by atoms with Crippen LogP contribution in [0.25, 0.3) is 82.4 Å². The van der Waals surface area contributed by atoms with Gasteiger partial charge in [0.2, 0.25) is 0 Å². The molecule has 0 aromatic heterocycles. The molecule has 0 saturated carbocycles. The van der Waals surface area contributed by atoms with Crippen LogP contribution in [0.5, 0.6) is 0 Å². The summed E-state index contributed by atoms with van der Waals surface area (Å²) >= 11 is 0. The van der Waals surface area contributed by atoms with Gasteiger partial charge in [-0.15, -0.1) is 0 Å². The first-order chi connectivity index (χ1) is 27.2. The third kappa shape index (κ3) is 3.99. The van der Waals surface area contributed by atoms with Gasteiger partial charge in [0.1, 0.15) is 0 Å². The third-order valence-electron chi connectivity index (χ3n) is 14.7. The fourth-order valence-electron chi connectivity index (χ4n) is 11.5. The summed E-state index contributed by atoms with van der Waals surface area (Å²) in [6.07, 6.45) is 7.28. The lowest BCUT2D eigenvalue weighted by atomic mass is 9.68. The Hall–Kier alpha value is -5.98. The summed E-state index contributed by atoms with van der Waals surface area (Å²) in [7, 11) is 0. The van der Waals surface area contributed by atoms with Crippen molar-refractivity contribution in [3.8, 4) is 44.5 Å². The molecule has 12 rings (SSSR count). The Morgan fingerprint density at radius 2 is 1.09 bits per heavy atom. The number of allylic oxidation sites excluding steroid dienone is 4. The van der Waals surface area contributed by atoms with Crippen molar-refractivity contribution < 1.29 is 0 Å². The predicted octanol–water partition coefficient (Wildman–Crippen LogP) is 15.1. The highest BCUT2D eigenvalue weighted by Gasteiger charge is 2.44. The Morgan fingerprint density at radius 3 is 1.89 bits per heavy atom. The summed E-state index contributed by atoms with van der Waals surface area (Å²) in [5, 5.41) is 8.01. The molecule has 56 heavy (non-hydrogen) atoms. The normalized spacial score (nSPS) is 20.7. The Labute approximate surface area is 329 Å². The molecule has 0 nitrogen and oxygen atoms in total. The summed E-state index contributed by atoms with van der Waals surface area (Å²) in [5.41, 5.74) is 20.7. The molecule has 4 aliphatic rings. The molecule has 0 amide bonds. The molecule has 0 saturated heterocycles. The number of hydrogen-bond acceptors (Lipinski definition) is 0. The maximum Gasteiger partial charge on any atom is 0.0181 e. The smallest absolute Gasteiger partial charge is 0.0181 e. The molecule has 4 aliphatic carbocycles. The molecule has 268 valence electrons. The molecule has 2 unspecified atom stereocenters. The van der Waals surface area contributed by atoms with E-state index in [2.05, 4.69) is 186 Å². The van der Waals surface area contributed by atoms with Gasteiger partial charge in [0.25, 0.3) is 0 Å². The average molecular weight is 717 g/mol. The van der Waals surface area contributed by atoms with Gasteiger partial charge >= 0.3 is 0 Å².